The molecule has 5 aromatic rings. The second kappa shape index (κ2) is 35.0. The van der Waals surface area contributed by atoms with Gasteiger partial charge in [0, 0.05) is 18.6 Å². The second-order valence-corrected chi connectivity index (χ2v) is 15.8. The zero-order valence-electron chi connectivity index (χ0n) is 37.6. The van der Waals surface area contributed by atoms with Crippen LogP contribution in [0.2, 0.25) is 0 Å². The summed E-state index contributed by atoms with van der Waals surface area (Å²) < 4.78 is 41.2. The predicted molar refractivity (Wildman–Crippen MR) is 245 cm³/mol. The Morgan fingerprint density at radius 2 is 1.03 bits per heavy atom. The first kappa shape index (κ1) is 56.7. The number of rotatable bonds is 24. The van der Waals surface area contributed by atoms with Crippen molar-refractivity contribution in [2.75, 3.05) is 39.4 Å². The minimum Gasteiger partial charge on any atom is -0.726 e. The molecule has 2 aromatic carbocycles. The number of aromatic carboxylic acids is 1. The summed E-state index contributed by atoms with van der Waals surface area (Å²) in [5.41, 5.74) is 3.78. The third-order valence-corrected chi connectivity index (χ3v) is 10.2. The third-order valence-electron chi connectivity index (χ3n) is 9.73. The van der Waals surface area contributed by atoms with Crippen LogP contribution in [0.4, 0.5) is 0 Å². The standard InChI is InChI=1S/C16H36N.C12H17NO7S.2C11H8N.Ir/c1-5-9-13-17(14-10-6-2,15-11-7-3)16-12-8-4;14-12(15)11-10(6-5-7-13-11)19-8-3-1-2-4-9-20-21(16,17)18;2*1-2-6-10(7-3-1)11-8-4-5-9-12-11;/h5-16H2,1-4H3;5-7H,1-4,8-9H2,(H,14,15)(H,16,17,18);2*1-6,8-9H;/q+1;;2*-1;+3/p-2. The topological polar surface area (TPSA) is 154 Å². The van der Waals surface area contributed by atoms with Gasteiger partial charge in [-0.1, -0.05) is 84.1 Å². The van der Waals surface area contributed by atoms with Crippen LogP contribution in [0.25, 0.3) is 22.5 Å². The molecule has 0 N–H and O–H groups in total. The molecule has 5 rings (SSSR count). The molecule has 13 heteroatoms. The SMILES string of the molecule is CCCC[N+](CCCC)(CCCC)CCCC.O=C([O-])c1ncccc1OCCCCCCOS(=O)(=O)[O-].[Ir+3].[c-]1ccccc1-c1ccccn1.[c-]1ccccc1-c1ccccn1. The summed E-state index contributed by atoms with van der Waals surface area (Å²) in [6.45, 7) is 15.2. The first-order valence-corrected chi connectivity index (χ1v) is 23.4. The molecule has 0 aliphatic carbocycles. The fourth-order valence-electron chi connectivity index (χ4n) is 6.36. The normalized spacial score (nSPS) is 10.7. The minimum absolute atomic E-state index is 0. The number of carbonyl (C=O) groups excluding carboxylic acids is 1. The number of carboxylic acid groups (broad SMARTS) is 1. The van der Waals surface area contributed by atoms with E-state index in [1.807, 2.05) is 84.9 Å². The number of unbranched alkanes of at least 4 members (excludes halogenated alkanes) is 7. The number of pyridine rings is 3. The quantitative estimate of drug-likeness (QED) is 0.0192. The summed E-state index contributed by atoms with van der Waals surface area (Å²) in [7, 11) is -4.61. The van der Waals surface area contributed by atoms with Crippen LogP contribution in [0.3, 0.4) is 0 Å². The van der Waals surface area contributed by atoms with Gasteiger partial charge in [-0.15, -0.1) is 71.8 Å². The molecule has 0 spiro atoms. The van der Waals surface area contributed by atoms with E-state index in [0.29, 0.717) is 25.9 Å². The van der Waals surface area contributed by atoms with E-state index in [0.717, 1.165) is 28.9 Å². The summed E-state index contributed by atoms with van der Waals surface area (Å²) >= 11 is 0. The molecule has 0 aliphatic heterocycles. The van der Waals surface area contributed by atoms with E-state index in [-0.39, 0.29) is 38.2 Å². The maximum atomic E-state index is 10.8. The van der Waals surface area contributed by atoms with E-state index in [1.54, 1.807) is 18.5 Å². The van der Waals surface area contributed by atoms with Crippen LogP contribution in [0, 0.1) is 12.1 Å². The molecule has 0 atom stereocenters. The number of nitrogens with zero attached hydrogens (tertiary/aromatic N) is 4. The van der Waals surface area contributed by atoms with Crippen molar-refractivity contribution in [2.24, 2.45) is 0 Å². The molecule has 11 nitrogen and oxygen atoms in total. The van der Waals surface area contributed by atoms with Crippen molar-refractivity contribution in [1.82, 2.24) is 15.0 Å². The van der Waals surface area contributed by atoms with Crippen LogP contribution in [0.15, 0.2) is 116 Å². The molecule has 0 saturated heterocycles. The smallest absolute Gasteiger partial charge is 0.726 e. The number of aromatic nitrogens is 3. The molecule has 3 heterocycles. The van der Waals surface area contributed by atoms with Gasteiger partial charge in [0.25, 0.3) is 0 Å². The molecule has 0 radical (unpaired) electrons. The Kier molecular flexibility index (Phi) is 31.5. The number of carboxylic acids is 1. The van der Waals surface area contributed by atoms with Crippen LogP contribution in [-0.4, -0.2) is 77.8 Å². The van der Waals surface area contributed by atoms with Gasteiger partial charge in [-0.2, -0.15) is 0 Å². The molecular weight excluding hydrogens is 993 g/mol. The molecule has 0 fully saturated rings. The first-order chi connectivity index (χ1) is 30.1. The molecule has 3 aromatic heterocycles. The number of hydrogen-bond acceptors (Lipinski definition) is 10. The van der Waals surface area contributed by atoms with Gasteiger partial charge in [-0.05, 0) is 80.6 Å². The van der Waals surface area contributed by atoms with Crippen molar-refractivity contribution in [3.8, 4) is 28.3 Å². The molecule has 63 heavy (non-hydrogen) atoms. The molecule has 344 valence electrons. The van der Waals surface area contributed by atoms with Gasteiger partial charge in [0.1, 0.15) is 11.4 Å². The number of ether oxygens (including phenoxy) is 1. The van der Waals surface area contributed by atoms with Crippen LogP contribution in [-0.2, 0) is 34.7 Å². The molecular formula is C50H67IrN4O7S. The summed E-state index contributed by atoms with van der Waals surface area (Å²) in [5, 5.41) is 10.8. The predicted octanol–water partition coefficient (Wildman–Crippen LogP) is 9.96. The van der Waals surface area contributed by atoms with Gasteiger partial charge >= 0.3 is 20.1 Å². The van der Waals surface area contributed by atoms with Crippen LogP contribution in [0.1, 0.15) is 115 Å². The van der Waals surface area contributed by atoms with Crippen molar-refractivity contribution < 1.29 is 56.4 Å². The molecule has 0 bridgehead atoms. The Hall–Kier alpha value is -4.36. The van der Waals surface area contributed by atoms with E-state index in [2.05, 4.69) is 59.0 Å². The van der Waals surface area contributed by atoms with Crippen LogP contribution < -0.4 is 9.84 Å². The van der Waals surface area contributed by atoms with Gasteiger partial charge < -0.3 is 33.6 Å². The van der Waals surface area contributed by atoms with Gasteiger partial charge in [-0.25, -0.2) is 8.42 Å². The monoisotopic (exact) mass is 1060 g/mol. The molecule has 0 amide bonds. The fourth-order valence-corrected chi connectivity index (χ4v) is 6.68. The van der Waals surface area contributed by atoms with Gasteiger partial charge in [0.15, 0.2) is 0 Å². The Morgan fingerprint density at radius 1 is 0.587 bits per heavy atom. The molecule has 0 aliphatic rings. The number of carbonyl (C=O) groups is 1. The van der Waals surface area contributed by atoms with Gasteiger partial charge in [0.2, 0.25) is 10.4 Å². The fraction of sp³-hybridized carbons (Fsp3) is 0.440. The van der Waals surface area contributed by atoms with Crippen molar-refractivity contribution in [1.29, 1.82) is 0 Å². The summed E-state index contributed by atoms with van der Waals surface area (Å²) in [6, 6.07) is 36.7. The first-order valence-electron chi connectivity index (χ1n) is 22.1. The average molecular weight is 1060 g/mol. The van der Waals surface area contributed by atoms with Gasteiger partial charge in [-0.3, -0.25) is 9.17 Å². The average Bonchev–Trinajstić information content (AvgIpc) is 3.31. The van der Waals surface area contributed by atoms with Crippen molar-refractivity contribution in [2.45, 2.75) is 105 Å². The number of hydrogen-bond donors (Lipinski definition) is 0. The summed E-state index contributed by atoms with van der Waals surface area (Å²) in [4.78, 5) is 22.9. The van der Waals surface area contributed by atoms with E-state index in [4.69, 9.17) is 4.74 Å². The Labute approximate surface area is 391 Å². The van der Waals surface area contributed by atoms with Crippen LogP contribution in [0.5, 0.6) is 5.75 Å². The third kappa shape index (κ3) is 26.1. The maximum Gasteiger partial charge on any atom is 3.00 e. The summed E-state index contributed by atoms with van der Waals surface area (Å²) in [5.74, 6) is -1.25. The molecule has 0 saturated carbocycles. The Bertz CT molecular complexity index is 1780. The van der Waals surface area contributed by atoms with E-state index < -0.39 is 16.4 Å². The Balaban J connectivity index is 0.000000428. The van der Waals surface area contributed by atoms with E-state index in [1.165, 1.54) is 94.3 Å². The zero-order valence-corrected chi connectivity index (χ0v) is 40.8. The largest absolute Gasteiger partial charge is 3.00 e. The summed E-state index contributed by atoms with van der Waals surface area (Å²) in [6.07, 6.45) is 18.5. The Morgan fingerprint density at radius 3 is 1.41 bits per heavy atom. The second-order valence-electron chi connectivity index (χ2n) is 14.8. The van der Waals surface area contributed by atoms with Crippen molar-refractivity contribution >= 4 is 16.4 Å². The maximum absolute atomic E-state index is 10.8. The van der Waals surface area contributed by atoms with Gasteiger partial charge in [0.05, 0.1) is 45.4 Å². The van der Waals surface area contributed by atoms with E-state index >= 15 is 0 Å². The number of benzene rings is 2. The molecule has 0 unspecified atom stereocenters. The minimum atomic E-state index is -4.61. The van der Waals surface area contributed by atoms with Crippen molar-refractivity contribution in [3.05, 3.63) is 133 Å². The zero-order chi connectivity index (χ0) is 45.2. The van der Waals surface area contributed by atoms with Crippen LogP contribution >= 0.6 is 0 Å². The van der Waals surface area contributed by atoms with E-state index in [9.17, 15) is 22.9 Å². The number of quaternary nitrogens is 1. The van der Waals surface area contributed by atoms with Crippen molar-refractivity contribution in [3.63, 3.8) is 0 Å².